The fourth-order valence-corrected chi connectivity index (χ4v) is 6.43. The van der Waals surface area contributed by atoms with Crippen LogP contribution in [-0.4, -0.2) is 54.1 Å². The number of hydrogen-bond acceptors (Lipinski definition) is 8. The summed E-state index contributed by atoms with van der Waals surface area (Å²) in [4.78, 5) is 15.2. The third-order valence-corrected chi connectivity index (χ3v) is 8.30. The summed E-state index contributed by atoms with van der Waals surface area (Å²) >= 11 is 0. The van der Waals surface area contributed by atoms with Gasteiger partial charge in [-0.15, -0.1) is 5.10 Å². The first-order chi connectivity index (χ1) is 17.8. The fraction of sp³-hybridized carbons (Fsp3) is 0.370. The van der Waals surface area contributed by atoms with Gasteiger partial charge in [0.1, 0.15) is 17.7 Å². The topological polar surface area (TPSA) is 108 Å². The lowest BCUT2D eigenvalue weighted by atomic mass is 9.73. The molecule has 3 aromatic rings. The number of aromatic nitrogens is 4. The second-order valence-electron chi connectivity index (χ2n) is 10.3. The molecule has 0 radical (unpaired) electrons. The number of aliphatic hydroxyl groups is 2. The van der Waals surface area contributed by atoms with Gasteiger partial charge in [0.2, 0.25) is 0 Å². The average molecular weight is 505 g/mol. The van der Waals surface area contributed by atoms with Gasteiger partial charge in [-0.1, -0.05) is 19.9 Å². The molecule has 2 N–H and O–H groups in total. The minimum Gasteiger partial charge on any atom is -0.393 e. The molecule has 3 atom stereocenters. The van der Waals surface area contributed by atoms with Gasteiger partial charge < -0.3 is 15.1 Å². The first kappa shape index (κ1) is 23.7. The summed E-state index contributed by atoms with van der Waals surface area (Å²) in [5.41, 5.74) is 2.62. The molecule has 1 fully saturated rings. The Kier molecular flexibility index (Phi) is 5.43. The minimum atomic E-state index is -1.13. The molecule has 1 saturated carbocycles. The number of aliphatic hydroxyl groups excluding tert-OH is 2. The summed E-state index contributed by atoms with van der Waals surface area (Å²) in [5.74, 6) is -1.02. The van der Waals surface area contributed by atoms with E-state index < -0.39 is 29.9 Å². The zero-order valence-corrected chi connectivity index (χ0v) is 20.4. The van der Waals surface area contributed by atoms with E-state index in [4.69, 9.17) is 5.11 Å². The molecule has 2 aromatic heterocycles. The molecule has 1 aromatic carbocycles. The predicted molar refractivity (Wildman–Crippen MR) is 131 cm³/mol. The first-order valence-corrected chi connectivity index (χ1v) is 12.2. The van der Waals surface area contributed by atoms with Crippen LogP contribution in [0.15, 0.2) is 54.1 Å². The Bertz CT molecular complexity index is 1420. The van der Waals surface area contributed by atoms with Crippen LogP contribution in [0.1, 0.15) is 61.4 Å². The molecule has 1 aliphatic heterocycles. The third-order valence-electron chi connectivity index (χ3n) is 8.30. The Morgan fingerprint density at radius 2 is 1.86 bits per heavy atom. The molecule has 37 heavy (non-hydrogen) atoms. The average Bonchev–Trinajstić information content (AvgIpc) is 3.29. The maximum absolute atomic E-state index is 14.5. The van der Waals surface area contributed by atoms with E-state index in [-0.39, 0.29) is 28.4 Å². The minimum absolute atomic E-state index is 0.149. The van der Waals surface area contributed by atoms with Crippen molar-refractivity contribution in [2.45, 2.75) is 44.2 Å². The number of halogens is 2. The molecular formula is C27H26F2N6O2. The molecule has 3 heterocycles. The lowest BCUT2D eigenvalue weighted by Gasteiger charge is -2.47. The van der Waals surface area contributed by atoms with Gasteiger partial charge in [0.25, 0.3) is 0 Å². The Balaban J connectivity index is 1.37. The summed E-state index contributed by atoms with van der Waals surface area (Å²) in [6, 6.07) is 5.60. The van der Waals surface area contributed by atoms with Gasteiger partial charge in [-0.25, -0.2) is 18.7 Å². The van der Waals surface area contributed by atoms with Gasteiger partial charge in [-0.2, -0.15) is 5.10 Å². The summed E-state index contributed by atoms with van der Waals surface area (Å²) in [6.45, 7) is 4.44. The van der Waals surface area contributed by atoms with Crippen molar-refractivity contribution >= 4 is 5.71 Å². The zero-order chi connectivity index (χ0) is 25.9. The molecule has 6 rings (SSSR count). The van der Waals surface area contributed by atoms with Gasteiger partial charge in [-0.05, 0) is 42.5 Å². The molecule has 0 saturated heterocycles. The maximum atomic E-state index is 14.5. The van der Waals surface area contributed by atoms with E-state index in [9.17, 15) is 13.9 Å². The molecule has 0 amide bonds. The van der Waals surface area contributed by atoms with Crippen LogP contribution in [-0.2, 0) is 5.54 Å². The highest BCUT2D eigenvalue weighted by Gasteiger charge is 2.66. The Labute approximate surface area is 212 Å². The summed E-state index contributed by atoms with van der Waals surface area (Å²) in [6.07, 6.45) is 7.52. The van der Waals surface area contributed by atoms with Crippen molar-refractivity contribution in [3.05, 3.63) is 83.3 Å². The second kappa shape index (κ2) is 8.46. The molecule has 10 heteroatoms. The van der Waals surface area contributed by atoms with Crippen LogP contribution in [0, 0.1) is 17.0 Å². The quantitative estimate of drug-likeness (QED) is 0.546. The van der Waals surface area contributed by atoms with E-state index >= 15 is 0 Å². The van der Waals surface area contributed by atoms with Crippen molar-refractivity contribution in [3.63, 3.8) is 0 Å². The molecular weight excluding hydrogens is 478 g/mol. The highest BCUT2D eigenvalue weighted by atomic mass is 19.1. The van der Waals surface area contributed by atoms with Gasteiger partial charge in [0.15, 0.2) is 5.82 Å². The number of hydrogen-bond donors (Lipinski definition) is 2. The fourth-order valence-electron chi connectivity index (χ4n) is 6.43. The Morgan fingerprint density at radius 1 is 1.14 bits per heavy atom. The van der Waals surface area contributed by atoms with Gasteiger partial charge in [0.05, 0.1) is 41.4 Å². The monoisotopic (exact) mass is 504 g/mol. The predicted octanol–water partition coefficient (Wildman–Crippen LogP) is 3.63. The van der Waals surface area contributed by atoms with Gasteiger partial charge in [-0.3, -0.25) is 4.99 Å². The molecule has 0 spiro atoms. The molecule has 8 nitrogen and oxygen atoms in total. The van der Waals surface area contributed by atoms with Crippen LogP contribution < -0.4 is 0 Å². The summed E-state index contributed by atoms with van der Waals surface area (Å²) < 4.78 is 29.0. The Hall–Kier alpha value is -3.63. The largest absolute Gasteiger partial charge is 0.393 e. The number of fused-ring (bicyclic) bond motifs is 5. The molecule has 2 aliphatic carbocycles. The maximum Gasteiger partial charge on any atom is 0.159 e. The molecule has 2 bridgehead atoms. The van der Waals surface area contributed by atoms with E-state index in [1.165, 1.54) is 18.2 Å². The van der Waals surface area contributed by atoms with E-state index in [0.29, 0.717) is 12.1 Å². The van der Waals surface area contributed by atoms with Crippen molar-refractivity contribution in [2.24, 2.45) is 10.4 Å². The second-order valence-corrected chi connectivity index (χ2v) is 10.3. The van der Waals surface area contributed by atoms with E-state index in [1.807, 2.05) is 6.20 Å². The van der Waals surface area contributed by atoms with Crippen LogP contribution in [0.5, 0.6) is 0 Å². The van der Waals surface area contributed by atoms with Crippen LogP contribution in [0.4, 0.5) is 8.78 Å². The normalized spacial score (nSPS) is 24.2. The van der Waals surface area contributed by atoms with Crippen LogP contribution in [0.3, 0.4) is 0 Å². The first-order valence-electron chi connectivity index (χ1n) is 12.2. The lowest BCUT2D eigenvalue weighted by molar-refractivity contribution is 0.0543. The SMILES string of the molecule is CC1(C)[C@H]2CC[C@@]1(N1C=CN=C(c3cnc(C(O)CO)nc3)C1)c1nnc(-c3c(F)cccc3F)cc12. The van der Waals surface area contributed by atoms with Crippen LogP contribution in [0.2, 0.25) is 0 Å². The summed E-state index contributed by atoms with van der Waals surface area (Å²) in [5, 5.41) is 27.8. The number of nitrogens with zero attached hydrogens (tertiary/aromatic N) is 6. The highest BCUT2D eigenvalue weighted by Crippen LogP contribution is 2.68. The van der Waals surface area contributed by atoms with Crippen molar-refractivity contribution in [3.8, 4) is 11.3 Å². The van der Waals surface area contributed by atoms with E-state index in [1.54, 1.807) is 24.7 Å². The van der Waals surface area contributed by atoms with E-state index in [0.717, 1.165) is 29.8 Å². The third kappa shape index (κ3) is 3.35. The zero-order valence-electron chi connectivity index (χ0n) is 20.4. The molecule has 1 unspecified atom stereocenters. The smallest absolute Gasteiger partial charge is 0.159 e. The van der Waals surface area contributed by atoms with Gasteiger partial charge in [0, 0.05) is 35.8 Å². The Morgan fingerprint density at radius 3 is 2.57 bits per heavy atom. The van der Waals surface area contributed by atoms with Crippen LogP contribution in [0.25, 0.3) is 11.3 Å². The highest BCUT2D eigenvalue weighted by molar-refractivity contribution is 6.02. The molecule has 190 valence electrons. The number of rotatable bonds is 5. The lowest BCUT2D eigenvalue weighted by Crippen LogP contribution is -2.51. The van der Waals surface area contributed by atoms with Crippen molar-refractivity contribution < 1.29 is 19.0 Å². The molecule has 3 aliphatic rings. The van der Waals surface area contributed by atoms with E-state index in [2.05, 4.69) is 43.9 Å². The van der Waals surface area contributed by atoms with Crippen molar-refractivity contribution in [1.82, 2.24) is 25.1 Å². The number of aliphatic imine (C=N–C) groups is 1. The number of benzene rings is 1. The van der Waals surface area contributed by atoms with Gasteiger partial charge >= 0.3 is 0 Å². The summed E-state index contributed by atoms with van der Waals surface area (Å²) in [7, 11) is 0. The van der Waals surface area contributed by atoms with Crippen molar-refractivity contribution in [1.29, 1.82) is 0 Å². The van der Waals surface area contributed by atoms with Crippen molar-refractivity contribution in [2.75, 3.05) is 13.2 Å². The van der Waals surface area contributed by atoms with Crippen LogP contribution >= 0.6 is 0 Å². The standard InChI is InChI=1S/C27H26F2N6O2/c1-26(2)17-6-7-27(26,24-16(17)10-20(33-34-24)23-18(28)4-3-5-19(23)29)35-9-8-30-21(13-35)15-11-31-25(32-12-15)22(37)14-36/h3-5,8-12,17,22,36-37H,6-7,13-14H2,1-2H3/t17-,22?,27+/m0/s1.